The fourth-order valence-electron chi connectivity index (χ4n) is 2.51. The Kier molecular flexibility index (Phi) is 4.89. The van der Waals surface area contributed by atoms with Crippen molar-refractivity contribution in [3.05, 3.63) is 12.3 Å². The molecule has 0 radical (unpaired) electrons. The number of rotatable bonds is 6. The number of aromatic nitrogens is 2. The molecule has 1 fully saturated rings. The normalized spacial score (nSPS) is 22.4. The van der Waals surface area contributed by atoms with E-state index in [1.165, 1.54) is 4.90 Å². The lowest BCUT2D eigenvalue weighted by atomic mass is 10.2. The van der Waals surface area contributed by atoms with E-state index in [2.05, 4.69) is 10.4 Å². The number of carbonyl (C=O) groups excluding carboxylic acids is 2. The van der Waals surface area contributed by atoms with E-state index in [9.17, 15) is 14.0 Å². The first-order chi connectivity index (χ1) is 10.0. The molecule has 0 bridgehead atoms. The third-order valence-corrected chi connectivity index (χ3v) is 3.45. The molecule has 8 heteroatoms. The van der Waals surface area contributed by atoms with Crippen LogP contribution in [0.15, 0.2) is 12.3 Å². The van der Waals surface area contributed by atoms with Gasteiger partial charge in [-0.1, -0.05) is 6.92 Å². The van der Waals surface area contributed by atoms with Crippen LogP contribution in [-0.4, -0.2) is 51.8 Å². The summed E-state index contributed by atoms with van der Waals surface area (Å²) >= 11 is 0. The largest absolute Gasteiger partial charge is 0.368 e. The van der Waals surface area contributed by atoms with Gasteiger partial charge in [-0.2, -0.15) is 5.10 Å². The highest BCUT2D eigenvalue weighted by atomic mass is 19.1. The molecule has 2 amide bonds. The molecule has 7 nitrogen and oxygen atoms in total. The number of hydrogen-bond donors (Lipinski definition) is 2. The van der Waals surface area contributed by atoms with E-state index in [1.807, 2.05) is 6.92 Å². The monoisotopic (exact) mass is 297 g/mol. The SMILES string of the molecule is CCCn1nccc1NC(=O)CN1C[C@H](F)C[C@H]1C(N)=O. The van der Waals surface area contributed by atoms with E-state index in [-0.39, 0.29) is 25.4 Å². The summed E-state index contributed by atoms with van der Waals surface area (Å²) < 4.78 is 15.1. The van der Waals surface area contributed by atoms with Crippen LogP contribution in [0, 0.1) is 0 Å². The highest BCUT2D eigenvalue weighted by Gasteiger charge is 2.36. The Labute approximate surface area is 122 Å². The van der Waals surface area contributed by atoms with Crippen LogP contribution < -0.4 is 11.1 Å². The molecule has 2 heterocycles. The summed E-state index contributed by atoms with van der Waals surface area (Å²) in [6.45, 7) is 2.69. The molecule has 21 heavy (non-hydrogen) atoms. The smallest absolute Gasteiger partial charge is 0.239 e. The number of nitrogens with zero attached hydrogens (tertiary/aromatic N) is 3. The molecule has 0 aliphatic carbocycles. The van der Waals surface area contributed by atoms with Crippen molar-refractivity contribution in [3.8, 4) is 0 Å². The molecule has 1 aliphatic rings. The second-order valence-electron chi connectivity index (χ2n) is 5.17. The molecule has 0 aromatic carbocycles. The van der Waals surface area contributed by atoms with Crippen molar-refractivity contribution in [2.24, 2.45) is 5.73 Å². The summed E-state index contributed by atoms with van der Waals surface area (Å²) in [6, 6.07) is 0.979. The molecule has 2 atom stereocenters. The van der Waals surface area contributed by atoms with Crippen molar-refractivity contribution in [1.29, 1.82) is 0 Å². The summed E-state index contributed by atoms with van der Waals surface area (Å²) in [6.07, 6.45) is 1.42. The van der Waals surface area contributed by atoms with Crippen LogP contribution in [0.5, 0.6) is 0 Å². The molecule has 1 aliphatic heterocycles. The maximum atomic E-state index is 13.4. The fourth-order valence-corrected chi connectivity index (χ4v) is 2.51. The Morgan fingerprint density at radius 1 is 1.57 bits per heavy atom. The molecule has 1 aromatic rings. The molecule has 1 aromatic heterocycles. The van der Waals surface area contributed by atoms with Gasteiger partial charge in [0.25, 0.3) is 0 Å². The van der Waals surface area contributed by atoms with Gasteiger partial charge in [0.1, 0.15) is 12.0 Å². The number of amides is 2. The number of likely N-dealkylation sites (tertiary alicyclic amines) is 1. The second-order valence-corrected chi connectivity index (χ2v) is 5.17. The van der Waals surface area contributed by atoms with Gasteiger partial charge in [0.2, 0.25) is 11.8 Å². The molecular weight excluding hydrogens is 277 g/mol. The van der Waals surface area contributed by atoms with Crippen LogP contribution in [0.1, 0.15) is 19.8 Å². The lowest BCUT2D eigenvalue weighted by Gasteiger charge is -2.20. The Morgan fingerprint density at radius 3 is 3.00 bits per heavy atom. The number of nitrogens with one attached hydrogen (secondary N) is 1. The predicted octanol–water partition coefficient (Wildman–Crippen LogP) is 0.129. The van der Waals surface area contributed by atoms with E-state index in [0.717, 1.165) is 6.42 Å². The van der Waals surface area contributed by atoms with E-state index >= 15 is 0 Å². The summed E-state index contributed by atoms with van der Waals surface area (Å²) in [5, 5.41) is 6.82. The van der Waals surface area contributed by atoms with Crippen LogP contribution in [0.25, 0.3) is 0 Å². The molecular formula is C13H20FN5O2. The maximum absolute atomic E-state index is 13.4. The van der Waals surface area contributed by atoms with Crippen molar-refractivity contribution in [3.63, 3.8) is 0 Å². The summed E-state index contributed by atoms with van der Waals surface area (Å²) in [5.41, 5.74) is 5.23. The van der Waals surface area contributed by atoms with Crippen molar-refractivity contribution in [1.82, 2.24) is 14.7 Å². The lowest BCUT2D eigenvalue weighted by Crippen LogP contribution is -2.44. The molecule has 0 spiro atoms. The topological polar surface area (TPSA) is 93.2 Å². The third-order valence-electron chi connectivity index (χ3n) is 3.45. The first kappa shape index (κ1) is 15.4. The maximum Gasteiger partial charge on any atom is 0.239 e. The van der Waals surface area contributed by atoms with E-state index < -0.39 is 18.1 Å². The van der Waals surface area contributed by atoms with E-state index in [4.69, 9.17) is 5.73 Å². The summed E-state index contributed by atoms with van der Waals surface area (Å²) in [4.78, 5) is 24.8. The molecule has 2 rings (SSSR count). The number of carbonyl (C=O) groups is 2. The van der Waals surface area contributed by atoms with Gasteiger partial charge in [-0.15, -0.1) is 0 Å². The first-order valence-corrected chi connectivity index (χ1v) is 7.00. The second kappa shape index (κ2) is 6.66. The minimum atomic E-state index is -1.12. The highest BCUT2D eigenvalue weighted by molar-refractivity contribution is 5.92. The van der Waals surface area contributed by atoms with Crippen molar-refractivity contribution >= 4 is 17.6 Å². The average molecular weight is 297 g/mol. The van der Waals surface area contributed by atoms with Gasteiger partial charge in [0.15, 0.2) is 0 Å². The van der Waals surface area contributed by atoms with Gasteiger partial charge in [-0.25, -0.2) is 9.07 Å². The molecule has 1 saturated heterocycles. The van der Waals surface area contributed by atoms with Gasteiger partial charge in [-0.05, 0) is 6.42 Å². The number of halogens is 1. The van der Waals surface area contributed by atoms with Gasteiger partial charge < -0.3 is 11.1 Å². The highest BCUT2D eigenvalue weighted by Crippen LogP contribution is 2.20. The molecule has 3 N–H and O–H groups in total. The molecule has 0 unspecified atom stereocenters. The Hall–Kier alpha value is -1.96. The Bertz CT molecular complexity index is 518. The zero-order chi connectivity index (χ0) is 15.4. The minimum Gasteiger partial charge on any atom is -0.368 e. The van der Waals surface area contributed by atoms with E-state index in [1.54, 1.807) is 16.9 Å². The summed E-state index contributed by atoms with van der Waals surface area (Å²) in [7, 11) is 0. The lowest BCUT2D eigenvalue weighted by molar-refractivity contribution is -0.123. The number of primary amides is 1. The van der Waals surface area contributed by atoms with Gasteiger partial charge in [0.05, 0.1) is 18.8 Å². The number of alkyl halides is 1. The summed E-state index contributed by atoms with van der Waals surface area (Å²) in [5.74, 6) is -0.319. The molecule has 0 saturated carbocycles. The number of hydrogen-bond acceptors (Lipinski definition) is 4. The minimum absolute atomic E-state index is 0.0508. The predicted molar refractivity (Wildman–Crippen MR) is 75.2 cm³/mol. The van der Waals surface area contributed by atoms with Crippen molar-refractivity contribution in [2.45, 2.75) is 38.5 Å². The van der Waals surface area contributed by atoms with Crippen LogP contribution in [0.3, 0.4) is 0 Å². The molecule has 116 valence electrons. The number of nitrogens with two attached hydrogens (primary N) is 1. The van der Waals surface area contributed by atoms with Crippen LogP contribution >= 0.6 is 0 Å². The van der Waals surface area contributed by atoms with Crippen LogP contribution in [-0.2, 0) is 16.1 Å². The number of aryl methyl sites for hydroxylation is 1. The van der Waals surface area contributed by atoms with Crippen LogP contribution in [0.2, 0.25) is 0 Å². The zero-order valence-corrected chi connectivity index (χ0v) is 12.0. The van der Waals surface area contributed by atoms with Crippen molar-refractivity contribution < 1.29 is 14.0 Å². The quantitative estimate of drug-likeness (QED) is 0.780. The van der Waals surface area contributed by atoms with Crippen LogP contribution in [0.4, 0.5) is 10.2 Å². The fraction of sp³-hybridized carbons (Fsp3) is 0.615. The Balaban J connectivity index is 1.95. The van der Waals surface area contributed by atoms with Gasteiger partial charge in [0, 0.05) is 25.6 Å². The Morgan fingerprint density at radius 2 is 2.33 bits per heavy atom. The van der Waals surface area contributed by atoms with E-state index in [0.29, 0.717) is 12.4 Å². The first-order valence-electron chi connectivity index (χ1n) is 7.00. The number of anilines is 1. The third kappa shape index (κ3) is 3.78. The zero-order valence-electron chi connectivity index (χ0n) is 12.0. The van der Waals surface area contributed by atoms with Gasteiger partial charge >= 0.3 is 0 Å². The standard InChI is InChI=1S/C13H20FN5O2/c1-2-5-19-11(3-4-16-19)17-12(20)8-18-7-9(14)6-10(18)13(15)21/h3-4,9-10H,2,5-8H2,1H3,(H2,15,21)(H,17,20)/t9-,10+/m1/s1. The average Bonchev–Trinajstić information content (AvgIpc) is 2.97. The van der Waals surface area contributed by atoms with Crippen molar-refractivity contribution in [2.75, 3.05) is 18.4 Å². The van der Waals surface area contributed by atoms with Gasteiger partial charge in [-0.3, -0.25) is 14.5 Å².